The van der Waals surface area contributed by atoms with Gasteiger partial charge < -0.3 is 4.74 Å². The highest BCUT2D eigenvalue weighted by molar-refractivity contribution is 9.10. The number of hydrogen-bond donors (Lipinski definition) is 2. The van der Waals surface area contributed by atoms with Crippen molar-refractivity contribution in [1.82, 2.24) is 5.43 Å². The molecule has 0 saturated heterocycles. The Labute approximate surface area is 126 Å². The Kier molecular flexibility index (Phi) is 5.52. The van der Waals surface area contributed by atoms with Gasteiger partial charge in [0.15, 0.2) is 0 Å². The molecule has 0 aliphatic carbocycles. The van der Waals surface area contributed by atoms with Gasteiger partial charge in [-0.15, -0.1) is 0 Å². The second kappa shape index (κ2) is 7.38. The third-order valence-electron chi connectivity index (χ3n) is 2.95. The highest BCUT2D eigenvalue weighted by Crippen LogP contribution is 2.23. The van der Waals surface area contributed by atoms with E-state index in [1.807, 2.05) is 30.3 Å². The molecule has 0 amide bonds. The van der Waals surface area contributed by atoms with E-state index >= 15 is 0 Å². The van der Waals surface area contributed by atoms with Gasteiger partial charge >= 0.3 is 0 Å². The van der Waals surface area contributed by atoms with Crippen LogP contribution in [-0.4, -0.2) is 6.61 Å². The van der Waals surface area contributed by atoms with Crippen LogP contribution in [0.2, 0.25) is 0 Å². The highest BCUT2D eigenvalue weighted by atomic mass is 79.9. The Bertz CT molecular complexity index is 551. The lowest BCUT2D eigenvalue weighted by Crippen LogP contribution is -2.30. The molecule has 0 spiro atoms. The number of nitrogens with two attached hydrogens (primary N) is 1. The first kappa shape index (κ1) is 15.0. The van der Waals surface area contributed by atoms with Crippen LogP contribution >= 0.6 is 15.9 Å². The molecular weight excluding hydrogens is 323 g/mol. The molecule has 0 aromatic heterocycles. The van der Waals surface area contributed by atoms with Crippen molar-refractivity contribution in [3.05, 3.63) is 64.4 Å². The number of rotatable bonds is 6. The van der Waals surface area contributed by atoms with Gasteiger partial charge in [0.05, 0.1) is 12.6 Å². The molecule has 2 rings (SSSR count). The summed E-state index contributed by atoms with van der Waals surface area (Å²) in [6.45, 7) is 0.449. The van der Waals surface area contributed by atoms with Crippen LogP contribution in [0, 0.1) is 5.82 Å². The number of ether oxygens (including phenoxy) is 1. The van der Waals surface area contributed by atoms with E-state index in [9.17, 15) is 4.39 Å². The Morgan fingerprint density at radius 3 is 2.65 bits per heavy atom. The summed E-state index contributed by atoms with van der Waals surface area (Å²) < 4.78 is 20.2. The summed E-state index contributed by atoms with van der Waals surface area (Å²) in [5.74, 6) is 6.02. The third-order valence-corrected chi connectivity index (χ3v) is 3.45. The lowest BCUT2D eigenvalue weighted by atomic mass is 10.0. The maximum atomic E-state index is 13.8. The van der Waals surface area contributed by atoms with Crippen molar-refractivity contribution in [2.75, 3.05) is 6.61 Å². The number of halogens is 2. The molecule has 2 aromatic rings. The third kappa shape index (κ3) is 4.03. The van der Waals surface area contributed by atoms with Crippen LogP contribution in [0.25, 0.3) is 0 Å². The van der Waals surface area contributed by atoms with Gasteiger partial charge in [-0.05, 0) is 30.3 Å². The lowest BCUT2D eigenvalue weighted by Gasteiger charge is -2.17. The van der Waals surface area contributed by atoms with E-state index in [0.29, 0.717) is 18.6 Å². The predicted octanol–water partition coefficient (Wildman–Crippen LogP) is 3.56. The fraction of sp³-hybridized carbons (Fsp3) is 0.200. The average molecular weight is 339 g/mol. The summed E-state index contributed by atoms with van der Waals surface area (Å²) >= 11 is 3.33. The zero-order valence-electron chi connectivity index (χ0n) is 10.9. The number of para-hydroxylation sites is 1. The normalized spacial score (nSPS) is 12.2. The molecule has 0 bridgehead atoms. The molecule has 106 valence electrons. The SMILES string of the molecule is NNC(CCOc1ccccc1)c1cc(Br)ccc1F. The number of nitrogens with one attached hydrogen (secondary N) is 1. The molecule has 0 aliphatic rings. The maximum absolute atomic E-state index is 13.8. The van der Waals surface area contributed by atoms with Crippen LogP contribution in [0.15, 0.2) is 53.0 Å². The van der Waals surface area contributed by atoms with Crippen LogP contribution in [0.1, 0.15) is 18.0 Å². The minimum Gasteiger partial charge on any atom is -0.494 e. The van der Waals surface area contributed by atoms with Crippen molar-refractivity contribution < 1.29 is 9.13 Å². The molecule has 2 aromatic carbocycles. The summed E-state index contributed by atoms with van der Waals surface area (Å²) in [6.07, 6.45) is 0.568. The zero-order valence-corrected chi connectivity index (χ0v) is 12.4. The molecule has 0 heterocycles. The minimum absolute atomic E-state index is 0.282. The van der Waals surface area contributed by atoms with E-state index in [1.54, 1.807) is 12.1 Å². The van der Waals surface area contributed by atoms with E-state index < -0.39 is 0 Å². The summed E-state index contributed by atoms with van der Waals surface area (Å²) in [5.41, 5.74) is 3.16. The lowest BCUT2D eigenvalue weighted by molar-refractivity contribution is 0.285. The highest BCUT2D eigenvalue weighted by Gasteiger charge is 2.15. The fourth-order valence-corrected chi connectivity index (χ4v) is 2.30. The number of hydrazine groups is 1. The quantitative estimate of drug-likeness (QED) is 0.625. The maximum Gasteiger partial charge on any atom is 0.128 e. The van der Waals surface area contributed by atoms with Crippen molar-refractivity contribution in [1.29, 1.82) is 0 Å². The van der Waals surface area contributed by atoms with Crippen molar-refractivity contribution in [2.24, 2.45) is 5.84 Å². The summed E-state index contributed by atoms with van der Waals surface area (Å²) in [4.78, 5) is 0. The standard InChI is InChI=1S/C15H16BrFN2O/c16-11-6-7-14(17)13(10-11)15(19-18)8-9-20-12-4-2-1-3-5-12/h1-7,10,15,19H,8-9,18H2. The molecule has 0 aliphatic heterocycles. The molecule has 0 radical (unpaired) electrons. The molecule has 0 saturated carbocycles. The van der Waals surface area contributed by atoms with Crippen LogP contribution < -0.4 is 16.0 Å². The second-order valence-corrected chi connectivity index (χ2v) is 5.25. The van der Waals surface area contributed by atoms with Gasteiger partial charge in [0, 0.05) is 16.5 Å². The van der Waals surface area contributed by atoms with Crippen molar-refractivity contribution in [3.63, 3.8) is 0 Å². The van der Waals surface area contributed by atoms with Crippen LogP contribution in [0.5, 0.6) is 5.75 Å². The van der Waals surface area contributed by atoms with E-state index in [4.69, 9.17) is 10.6 Å². The monoisotopic (exact) mass is 338 g/mol. The number of benzene rings is 2. The largest absolute Gasteiger partial charge is 0.494 e. The summed E-state index contributed by atoms with van der Waals surface area (Å²) in [5, 5.41) is 0. The molecule has 1 unspecified atom stereocenters. The average Bonchev–Trinajstić information content (AvgIpc) is 2.48. The molecule has 3 nitrogen and oxygen atoms in total. The van der Waals surface area contributed by atoms with Gasteiger partial charge in [0.2, 0.25) is 0 Å². The van der Waals surface area contributed by atoms with E-state index in [0.717, 1.165) is 10.2 Å². The topological polar surface area (TPSA) is 47.3 Å². The predicted molar refractivity (Wildman–Crippen MR) is 80.7 cm³/mol. The van der Waals surface area contributed by atoms with Gasteiger partial charge in [-0.25, -0.2) is 4.39 Å². The molecule has 1 atom stereocenters. The minimum atomic E-state index is -0.295. The Morgan fingerprint density at radius 1 is 1.20 bits per heavy atom. The van der Waals surface area contributed by atoms with Gasteiger partial charge in [-0.2, -0.15) is 0 Å². The van der Waals surface area contributed by atoms with Crippen LogP contribution in [0.3, 0.4) is 0 Å². The Balaban J connectivity index is 1.97. The summed E-state index contributed by atoms with van der Waals surface area (Å²) in [7, 11) is 0. The van der Waals surface area contributed by atoms with Crippen molar-refractivity contribution in [2.45, 2.75) is 12.5 Å². The smallest absolute Gasteiger partial charge is 0.128 e. The first-order valence-corrected chi connectivity index (χ1v) is 7.09. The zero-order chi connectivity index (χ0) is 14.4. The molecule has 0 fully saturated rings. The molecule has 5 heteroatoms. The van der Waals surface area contributed by atoms with Gasteiger partial charge in [0.25, 0.3) is 0 Å². The Hall–Kier alpha value is -1.43. The van der Waals surface area contributed by atoms with Gasteiger partial charge in [-0.1, -0.05) is 34.1 Å². The first-order valence-electron chi connectivity index (χ1n) is 6.29. The molecule has 20 heavy (non-hydrogen) atoms. The Morgan fingerprint density at radius 2 is 1.95 bits per heavy atom. The van der Waals surface area contributed by atoms with Gasteiger partial charge in [-0.3, -0.25) is 11.3 Å². The molecule has 3 N–H and O–H groups in total. The van der Waals surface area contributed by atoms with E-state index in [1.165, 1.54) is 6.07 Å². The second-order valence-electron chi connectivity index (χ2n) is 4.34. The van der Waals surface area contributed by atoms with E-state index in [-0.39, 0.29) is 11.9 Å². The van der Waals surface area contributed by atoms with Crippen LogP contribution in [-0.2, 0) is 0 Å². The number of hydrogen-bond acceptors (Lipinski definition) is 3. The van der Waals surface area contributed by atoms with E-state index in [2.05, 4.69) is 21.4 Å². The molecular formula is C15H16BrFN2O. The van der Waals surface area contributed by atoms with Crippen LogP contribution in [0.4, 0.5) is 4.39 Å². The van der Waals surface area contributed by atoms with Crippen molar-refractivity contribution in [3.8, 4) is 5.75 Å². The van der Waals surface area contributed by atoms with Crippen molar-refractivity contribution >= 4 is 15.9 Å². The first-order chi connectivity index (χ1) is 9.70. The fourth-order valence-electron chi connectivity index (χ4n) is 1.92. The van der Waals surface area contributed by atoms with Gasteiger partial charge in [0.1, 0.15) is 11.6 Å². The summed E-state index contributed by atoms with van der Waals surface area (Å²) in [6, 6.07) is 14.0.